The molecule has 0 amide bonds. The lowest BCUT2D eigenvalue weighted by Gasteiger charge is -2.32. The van der Waals surface area contributed by atoms with Gasteiger partial charge in [-0.3, -0.25) is 4.90 Å². The van der Waals surface area contributed by atoms with Crippen LogP contribution in [0.5, 0.6) is 5.75 Å². The lowest BCUT2D eigenvalue weighted by Crippen LogP contribution is -2.45. The van der Waals surface area contributed by atoms with Crippen molar-refractivity contribution in [3.63, 3.8) is 0 Å². The summed E-state index contributed by atoms with van der Waals surface area (Å²) in [5.74, 6) is 0.321. The number of hydrogen-bond acceptors (Lipinski definition) is 3. The van der Waals surface area contributed by atoms with E-state index in [0.29, 0.717) is 11.9 Å². The van der Waals surface area contributed by atoms with Crippen LogP contribution >= 0.6 is 15.9 Å². The fraction of sp³-hybridized carbons (Fsp3) is 0.538. The summed E-state index contributed by atoms with van der Waals surface area (Å²) in [6, 6.07) is 3.96. The van der Waals surface area contributed by atoms with Gasteiger partial charge in [-0.1, -0.05) is 6.92 Å². The molecule has 2 aliphatic heterocycles. The molecule has 3 nitrogen and oxygen atoms in total. The molecule has 17 heavy (non-hydrogen) atoms. The van der Waals surface area contributed by atoms with Crippen molar-refractivity contribution in [3.8, 4) is 5.75 Å². The van der Waals surface area contributed by atoms with E-state index < -0.39 is 0 Å². The number of fused-ring (bicyclic) bond motifs is 3. The number of nitrogens with zero attached hydrogens (tertiary/aromatic N) is 2. The van der Waals surface area contributed by atoms with Crippen LogP contribution in [0.4, 0.5) is 5.69 Å². The summed E-state index contributed by atoms with van der Waals surface area (Å²) in [6.45, 7) is 3.45. The van der Waals surface area contributed by atoms with Gasteiger partial charge in [-0.25, -0.2) is 0 Å². The first-order valence-corrected chi connectivity index (χ1v) is 6.70. The average Bonchev–Trinajstić information content (AvgIpc) is 2.67. The minimum Gasteiger partial charge on any atom is -0.507 e. The molecule has 0 unspecified atom stereocenters. The number of hydrogen-bond donors (Lipinski definition) is 1. The van der Waals surface area contributed by atoms with Gasteiger partial charge in [0.15, 0.2) is 0 Å². The van der Waals surface area contributed by atoms with Crippen molar-refractivity contribution >= 4 is 21.6 Å². The second-order valence-corrected chi connectivity index (χ2v) is 6.31. The van der Waals surface area contributed by atoms with E-state index >= 15 is 0 Å². The summed E-state index contributed by atoms with van der Waals surface area (Å²) in [5, 5.41) is 9.83. The Morgan fingerprint density at radius 3 is 2.82 bits per heavy atom. The van der Waals surface area contributed by atoms with Crippen LogP contribution in [0, 0.1) is 0 Å². The first-order valence-electron chi connectivity index (χ1n) is 5.91. The van der Waals surface area contributed by atoms with Crippen LogP contribution < -0.4 is 4.90 Å². The van der Waals surface area contributed by atoms with Crippen LogP contribution in [-0.2, 0) is 5.41 Å². The number of likely N-dealkylation sites (N-methyl/N-ethyl adjacent to an activating group) is 2. The second kappa shape index (κ2) is 3.39. The maximum absolute atomic E-state index is 9.83. The molecule has 4 heteroatoms. The van der Waals surface area contributed by atoms with E-state index in [2.05, 4.69) is 52.8 Å². The molecule has 0 radical (unpaired) electrons. The Hall–Kier alpha value is -0.740. The highest BCUT2D eigenvalue weighted by molar-refractivity contribution is 9.10. The number of phenolic OH excluding ortho intramolecular Hbond substituents is 1. The van der Waals surface area contributed by atoms with E-state index in [-0.39, 0.29) is 5.41 Å². The third-order valence-electron chi connectivity index (χ3n) is 4.40. The Kier molecular flexibility index (Phi) is 2.26. The van der Waals surface area contributed by atoms with Gasteiger partial charge >= 0.3 is 0 Å². The van der Waals surface area contributed by atoms with Gasteiger partial charge in [0.2, 0.25) is 0 Å². The number of aromatic hydroxyl groups is 1. The summed E-state index contributed by atoms with van der Waals surface area (Å²) >= 11 is 3.42. The Morgan fingerprint density at radius 1 is 1.41 bits per heavy atom. The number of rotatable bonds is 0. The van der Waals surface area contributed by atoms with Crippen LogP contribution in [0.15, 0.2) is 16.6 Å². The molecule has 0 aliphatic carbocycles. The molecule has 1 aromatic rings. The number of benzene rings is 1. The fourth-order valence-electron chi connectivity index (χ4n) is 3.58. The zero-order valence-electron chi connectivity index (χ0n) is 10.4. The van der Waals surface area contributed by atoms with E-state index in [1.54, 1.807) is 0 Å². The lowest BCUT2D eigenvalue weighted by atomic mass is 9.81. The zero-order chi connectivity index (χ0) is 12.4. The first-order chi connectivity index (χ1) is 7.95. The van der Waals surface area contributed by atoms with Gasteiger partial charge in [-0.2, -0.15) is 0 Å². The minimum atomic E-state index is 0.176. The number of anilines is 1. The molecule has 0 saturated carbocycles. The number of phenols is 1. The summed E-state index contributed by atoms with van der Waals surface area (Å²) < 4.78 is 0.793. The second-order valence-electron chi connectivity index (χ2n) is 5.45. The molecule has 0 spiro atoms. The van der Waals surface area contributed by atoms with Gasteiger partial charge in [0.05, 0.1) is 10.6 Å². The maximum Gasteiger partial charge on any atom is 0.131 e. The van der Waals surface area contributed by atoms with Crippen LogP contribution in [0.1, 0.15) is 18.9 Å². The summed E-state index contributed by atoms with van der Waals surface area (Å²) in [5.41, 5.74) is 2.68. The topological polar surface area (TPSA) is 26.7 Å². The zero-order valence-corrected chi connectivity index (χ0v) is 12.0. The Bertz CT molecular complexity index is 491. The van der Waals surface area contributed by atoms with E-state index in [4.69, 9.17) is 0 Å². The standard InChI is InChI=1S/C13H17BrN2O/c1-13-4-5-15(2)12(13)16(3)10-7-11(17)9(14)6-8(10)13/h6-7,12,17H,4-5H2,1-3H3/t12-,13+/m1/s1. The third kappa shape index (κ3) is 1.31. The van der Waals surface area contributed by atoms with E-state index in [1.165, 1.54) is 12.0 Å². The molecule has 2 atom stereocenters. The quantitative estimate of drug-likeness (QED) is 0.797. The van der Waals surface area contributed by atoms with Gasteiger partial charge in [-0.05, 0) is 41.0 Å². The predicted octanol–water partition coefficient (Wildman–Crippen LogP) is 2.52. The summed E-state index contributed by atoms with van der Waals surface area (Å²) in [4.78, 5) is 4.68. The Balaban J connectivity index is 2.22. The molecule has 3 rings (SSSR count). The molecule has 1 saturated heterocycles. The summed E-state index contributed by atoms with van der Waals surface area (Å²) in [6.07, 6.45) is 1.58. The van der Waals surface area contributed by atoms with Crippen molar-refractivity contribution in [1.82, 2.24) is 4.90 Å². The molecule has 2 aliphatic rings. The summed E-state index contributed by atoms with van der Waals surface area (Å²) in [7, 11) is 4.29. The minimum absolute atomic E-state index is 0.176. The fourth-order valence-corrected chi connectivity index (χ4v) is 3.92. The van der Waals surface area contributed by atoms with Crippen molar-refractivity contribution in [2.45, 2.75) is 24.9 Å². The van der Waals surface area contributed by atoms with Gasteiger partial charge in [-0.15, -0.1) is 0 Å². The molecule has 1 fully saturated rings. The van der Waals surface area contributed by atoms with Crippen molar-refractivity contribution in [2.24, 2.45) is 0 Å². The van der Waals surface area contributed by atoms with Crippen LogP contribution in [0.25, 0.3) is 0 Å². The maximum atomic E-state index is 9.83. The molecule has 0 aromatic heterocycles. The molecular formula is C13H17BrN2O. The van der Waals surface area contributed by atoms with E-state index in [9.17, 15) is 5.11 Å². The first kappa shape index (κ1) is 11.4. The van der Waals surface area contributed by atoms with Crippen molar-refractivity contribution < 1.29 is 5.11 Å². The molecule has 2 heterocycles. The van der Waals surface area contributed by atoms with Crippen molar-refractivity contribution in [3.05, 3.63) is 22.2 Å². The molecule has 92 valence electrons. The Labute approximate surface area is 110 Å². The molecular weight excluding hydrogens is 280 g/mol. The monoisotopic (exact) mass is 296 g/mol. The number of likely N-dealkylation sites (tertiary alicyclic amines) is 1. The van der Waals surface area contributed by atoms with Gasteiger partial charge in [0.25, 0.3) is 0 Å². The van der Waals surface area contributed by atoms with Crippen LogP contribution in [0.3, 0.4) is 0 Å². The third-order valence-corrected chi connectivity index (χ3v) is 5.03. The largest absolute Gasteiger partial charge is 0.507 e. The van der Waals surface area contributed by atoms with Gasteiger partial charge < -0.3 is 10.0 Å². The van der Waals surface area contributed by atoms with Crippen LogP contribution in [-0.4, -0.2) is 36.8 Å². The normalized spacial score (nSPS) is 31.8. The van der Waals surface area contributed by atoms with Gasteiger partial charge in [0.1, 0.15) is 5.75 Å². The highest BCUT2D eigenvalue weighted by atomic mass is 79.9. The highest BCUT2D eigenvalue weighted by Gasteiger charge is 2.52. The smallest absolute Gasteiger partial charge is 0.131 e. The molecule has 1 aromatic carbocycles. The molecule has 1 N–H and O–H groups in total. The van der Waals surface area contributed by atoms with Crippen molar-refractivity contribution in [1.29, 1.82) is 0 Å². The average molecular weight is 297 g/mol. The molecule has 0 bridgehead atoms. The number of halogens is 1. The lowest BCUT2D eigenvalue weighted by molar-refractivity contribution is 0.268. The highest BCUT2D eigenvalue weighted by Crippen LogP contribution is 2.52. The Morgan fingerprint density at radius 2 is 2.12 bits per heavy atom. The van der Waals surface area contributed by atoms with E-state index in [1.807, 2.05) is 6.07 Å². The van der Waals surface area contributed by atoms with Crippen molar-refractivity contribution in [2.75, 3.05) is 25.5 Å². The van der Waals surface area contributed by atoms with Crippen LogP contribution in [0.2, 0.25) is 0 Å². The van der Waals surface area contributed by atoms with E-state index in [0.717, 1.165) is 16.7 Å². The van der Waals surface area contributed by atoms with Gasteiger partial charge in [0, 0.05) is 30.8 Å². The SMILES string of the molecule is CN1CC[C@@]2(C)c3cc(Br)c(O)cc3N(C)[C@@H]12. The predicted molar refractivity (Wildman–Crippen MR) is 72.6 cm³/mol.